The van der Waals surface area contributed by atoms with Crippen LogP contribution in [0.3, 0.4) is 0 Å². The lowest BCUT2D eigenvalue weighted by atomic mass is 10.1. The molecular formula is C19H18BrN3OS. The Morgan fingerprint density at radius 2 is 1.88 bits per heavy atom. The molecule has 0 aliphatic rings. The zero-order chi connectivity index (χ0) is 18.4. The third-order valence-corrected chi connectivity index (χ3v) is 5.54. The lowest BCUT2D eigenvalue weighted by molar-refractivity contribution is -0.119. The van der Waals surface area contributed by atoms with Crippen LogP contribution in [0.2, 0.25) is 0 Å². The van der Waals surface area contributed by atoms with Crippen molar-refractivity contribution in [2.45, 2.75) is 18.7 Å². The highest BCUT2D eigenvalue weighted by atomic mass is 79.9. The maximum absolute atomic E-state index is 12.0. The first-order valence-electron chi connectivity index (χ1n) is 7.54. The van der Waals surface area contributed by atoms with Gasteiger partial charge in [0.25, 0.3) is 0 Å². The van der Waals surface area contributed by atoms with Crippen LogP contribution in [0.5, 0.6) is 0 Å². The molecular weight excluding hydrogens is 398 g/mol. The number of hydrogen-bond acceptors (Lipinski definition) is 4. The van der Waals surface area contributed by atoms with E-state index < -0.39 is 0 Å². The molecule has 0 spiro atoms. The van der Waals surface area contributed by atoms with Crippen LogP contribution in [0, 0.1) is 25.2 Å². The van der Waals surface area contributed by atoms with Crippen LogP contribution in [0.1, 0.15) is 22.3 Å². The number of amides is 1. The van der Waals surface area contributed by atoms with Crippen molar-refractivity contribution in [1.29, 1.82) is 5.26 Å². The Hall–Kier alpha value is -2.23. The largest absolute Gasteiger partial charge is 0.299 e. The number of halogens is 1. The summed E-state index contributed by atoms with van der Waals surface area (Å²) in [7, 11) is 0. The van der Waals surface area contributed by atoms with Crippen molar-refractivity contribution in [3.05, 3.63) is 69.7 Å². The molecule has 0 aromatic heterocycles. The van der Waals surface area contributed by atoms with Crippen LogP contribution >= 0.6 is 27.7 Å². The monoisotopic (exact) mass is 415 g/mol. The molecule has 0 saturated heterocycles. The summed E-state index contributed by atoms with van der Waals surface area (Å²) in [5, 5.41) is 8.80. The molecule has 0 saturated carbocycles. The molecule has 0 aliphatic heterocycles. The number of nitriles is 1. The fourth-order valence-corrected chi connectivity index (χ4v) is 3.42. The molecule has 0 unspecified atom stereocenters. The first kappa shape index (κ1) is 19.1. The molecule has 2 N–H and O–H groups in total. The van der Waals surface area contributed by atoms with E-state index in [2.05, 4.69) is 51.6 Å². The van der Waals surface area contributed by atoms with Gasteiger partial charge >= 0.3 is 0 Å². The number of thioether (sulfide) groups is 1. The average molecular weight is 416 g/mol. The summed E-state index contributed by atoms with van der Waals surface area (Å²) in [4.78, 5) is 13.1. The number of nitrogens with zero attached hydrogens (tertiary/aromatic N) is 1. The van der Waals surface area contributed by atoms with E-state index in [1.165, 1.54) is 11.8 Å². The molecule has 0 fully saturated rings. The third-order valence-electron chi connectivity index (χ3n) is 3.53. The molecule has 0 bridgehead atoms. The topological polar surface area (TPSA) is 64.9 Å². The number of benzene rings is 2. The summed E-state index contributed by atoms with van der Waals surface area (Å²) in [5.74, 6) is 0.162. The zero-order valence-electron chi connectivity index (χ0n) is 14.0. The van der Waals surface area contributed by atoms with E-state index >= 15 is 0 Å². The Morgan fingerprint density at radius 1 is 1.20 bits per heavy atom. The predicted octanol–water partition coefficient (Wildman–Crippen LogP) is 4.32. The van der Waals surface area contributed by atoms with Crippen molar-refractivity contribution in [2.75, 3.05) is 5.75 Å². The summed E-state index contributed by atoms with van der Waals surface area (Å²) < 4.78 is 1.07. The number of hydrogen-bond donors (Lipinski definition) is 2. The fraction of sp³-hybridized carbons (Fsp3) is 0.158. The minimum atomic E-state index is -0.139. The molecule has 25 heavy (non-hydrogen) atoms. The van der Waals surface area contributed by atoms with Gasteiger partial charge < -0.3 is 0 Å². The Bertz CT molecular complexity index is 841. The molecule has 128 valence electrons. The van der Waals surface area contributed by atoms with E-state index in [0.717, 1.165) is 26.1 Å². The standard InChI is InChI=1S/C19H18BrN3OS/c1-12-9-18(13(2)8-17(12)20)25-11-19(24)23-22-14(3)16-6-4-15(10-21)5-7-16/h4-9,22H,3,11H2,1-2H3,(H,23,24). The normalized spacial score (nSPS) is 10.0. The van der Waals surface area contributed by atoms with Crippen LogP contribution in [0.25, 0.3) is 5.70 Å². The van der Waals surface area contributed by atoms with Gasteiger partial charge in [-0.15, -0.1) is 11.8 Å². The predicted molar refractivity (Wildman–Crippen MR) is 106 cm³/mol. The summed E-state index contributed by atoms with van der Waals surface area (Å²) in [6.45, 7) is 7.93. The number of carbonyl (C=O) groups is 1. The van der Waals surface area contributed by atoms with Gasteiger partial charge in [0.15, 0.2) is 0 Å². The van der Waals surface area contributed by atoms with Crippen molar-refractivity contribution in [3.8, 4) is 6.07 Å². The maximum atomic E-state index is 12.0. The summed E-state index contributed by atoms with van der Waals surface area (Å²) in [6.07, 6.45) is 0. The van der Waals surface area contributed by atoms with E-state index in [0.29, 0.717) is 17.0 Å². The van der Waals surface area contributed by atoms with Crippen LogP contribution in [0.4, 0.5) is 0 Å². The molecule has 0 heterocycles. The minimum Gasteiger partial charge on any atom is -0.299 e. The molecule has 6 heteroatoms. The molecule has 2 aromatic carbocycles. The zero-order valence-corrected chi connectivity index (χ0v) is 16.4. The van der Waals surface area contributed by atoms with Gasteiger partial charge in [0.1, 0.15) is 0 Å². The highest BCUT2D eigenvalue weighted by Crippen LogP contribution is 2.28. The number of rotatable bonds is 6. The van der Waals surface area contributed by atoms with Crippen molar-refractivity contribution in [2.24, 2.45) is 0 Å². The Kier molecular flexibility index (Phi) is 6.68. The molecule has 0 radical (unpaired) electrons. The summed E-state index contributed by atoms with van der Waals surface area (Å²) >= 11 is 5.00. The summed E-state index contributed by atoms with van der Waals surface area (Å²) in [6, 6.07) is 13.2. The highest BCUT2D eigenvalue weighted by molar-refractivity contribution is 9.10. The number of carbonyl (C=O) groups excluding carboxylic acids is 1. The maximum Gasteiger partial charge on any atom is 0.248 e. The highest BCUT2D eigenvalue weighted by Gasteiger charge is 2.08. The molecule has 0 atom stereocenters. The SMILES string of the molecule is C=C(NNC(=O)CSc1cc(C)c(Br)cc1C)c1ccc(C#N)cc1. The van der Waals surface area contributed by atoms with Gasteiger partial charge in [-0.05, 0) is 54.8 Å². The van der Waals surface area contributed by atoms with Crippen LogP contribution in [0.15, 0.2) is 52.3 Å². The van der Waals surface area contributed by atoms with Gasteiger partial charge in [-0.1, -0.05) is 34.6 Å². The van der Waals surface area contributed by atoms with E-state index in [4.69, 9.17) is 5.26 Å². The van der Waals surface area contributed by atoms with Crippen LogP contribution in [-0.2, 0) is 4.79 Å². The lowest BCUT2D eigenvalue weighted by Gasteiger charge is -2.12. The number of aryl methyl sites for hydroxylation is 2. The van der Waals surface area contributed by atoms with Crippen molar-refractivity contribution in [1.82, 2.24) is 10.9 Å². The molecule has 1 amide bonds. The van der Waals surface area contributed by atoms with Gasteiger partial charge in [-0.2, -0.15) is 5.26 Å². The van der Waals surface area contributed by atoms with Gasteiger partial charge in [0, 0.05) is 9.37 Å². The van der Waals surface area contributed by atoms with Crippen molar-refractivity contribution in [3.63, 3.8) is 0 Å². The summed E-state index contributed by atoms with van der Waals surface area (Å²) in [5.41, 5.74) is 9.68. The number of nitrogens with one attached hydrogen (secondary N) is 2. The molecule has 4 nitrogen and oxygen atoms in total. The van der Waals surface area contributed by atoms with Gasteiger partial charge in [-0.25, -0.2) is 0 Å². The number of hydrazine groups is 1. The van der Waals surface area contributed by atoms with Gasteiger partial charge in [0.2, 0.25) is 5.91 Å². The average Bonchev–Trinajstić information content (AvgIpc) is 2.61. The first-order chi connectivity index (χ1) is 11.9. The van der Waals surface area contributed by atoms with E-state index in [-0.39, 0.29) is 5.91 Å². The van der Waals surface area contributed by atoms with Crippen molar-refractivity contribution < 1.29 is 4.79 Å². The Morgan fingerprint density at radius 3 is 2.52 bits per heavy atom. The van der Waals surface area contributed by atoms with E-state index in [1.54, 1.807) is 24.3 Å². The smallest absolute Gasteiger partial charge is 0.248 e. The Labute approximate surface area is 160 Å². The van der Waals surface area contributed by atoms with E-state index in [1.807, 2.05) is 13.8 Å². The van der Waals surface area contributed by atoms with Crippen molar-refractivity contribution >= 4 is 39.3 Å². The molecule has 2 aromatic rings. The third kappa shape index (κ3) is 5.38. The lowest BCUT2D eigenvalue weighted by Crippen LogP contribution is -2.37. The first-order valence-corrected chi connectivity index (χ1v) is 9.32. The fourth-order valence-electron chi connectivity index (χ4n) is 2.05. The molecule has 2 rings (SSSR count). The molecule has 0 aliphatic carbocycles. The van der Waals surface area contributed by atoms with Crippen LogP contribution in [-0.4, -0.2) is 11.7 Å². The Balaban J connectivity index is 1.85. The second-order valence-corrected chi connectivity index (χ2v) is 7.37. The van der Waals surface area contributed by atoms with E-state index in [9.17, 15) is 4.79 Å². The second-order valence-electron chi connectivity index (χ2n) is 5.50. The quantitative estimate of drug-likeness (QED) is 0.544. The second kappa shape index (κ2) is 8.75. The van der Waals surface area contributed by atoms with Crippen LogP contribution < -0.4 is 10.9 Å². The minimum absolute atomic E-state index is 0.139. The van der Waals surface area contributed by atoms with Gasteiger partial charge in [-0.3, -0.25) is 15.6 Å². The van der Waals surface area contributed by atoms with Gasteiger partial charge in [0.05, 0.1) is 23.1 Å².